The van der Waals surface area contributed by atoms with Gasteiger partial charge in [0.25, 0.3) is 0 Å². The predicted molar refractivity (Wildman–Crippen MR) is 64.6 cm³/mol. The van der Waals surface area contributed by atoms with E-state index in [4.69, 9.17) is 9.47 Å². The van der Waals surface area contributed by atoms with E-state index in [1.54, 1.807) is 0 Å². The molecule has 3 nitrogen and oxygen atoms in total. The van der Waals surface area contributed by atoms with Gasteiger partial charge in [-0.3, -0.25) is 4.79 Å². The smallest absolute Gasteiger partial charge is 0.318 e. The molecule has 2 fully saturated rings. The molecule has 2 rings (SSSR count). The number of carbonyl (C=O) groups is 1. The van der Waals surface area contributed by atoms with Crippen molar-refractivity contribution in [3.05, 3.63) is 0 Å². The lowest BCUT2D eigenvalue weighted by Gasteiger charge is -2.24. The Labute approximate surface area is 101 Å². The largest absolute Gasteiger partial charge is 0.468 e. The lowest BCUT2D eigenvalue weighted by atomic mass is 10.0. The number of methoxy groups -OCH3 is 1. The molecule has 1 heterocycles. The van der Waals surface area contributed by atoms with Crippen LogP contribution >= 0.6 is 11.8 Å². The minimum absolute atomic E-state index is 0.0133. The first kappa shape index (κ1) is 12.2. The van der Waals surface area contributed by atoms with Gasteiger partial charge in [0.1, 0.15) is 5.25 Å². The van der Waals surface area contributed by atoms with E-state index in [0.29, 0.717) is 11.4 Å². The number of hydrogen-bond acceptors (Lipinski definition) is 4. The number of thioether (sulfide) groups is 1. The summed E-state index contributed by atoms with van der Waals surface area (Å²) in [6, 6.07) is 0. The monoisotopic (exact) mass is 244 g/mol. The number of ether oxygens (including phenoxy) is 2. The van der Waals surface area contributed by atoms with Crippen molar-refractivity contribution in [2.45, 2.75) is 55.1 Å². The van der Waals surface area contributed by atoms with Crippen LogP contribution in [0, 0.1) is 0 Å². The van der Waals surface area contributed by atoms with Crippen molar-refractivity contribution in [2.24, 2.45) is 0 Å². The molecule has 2 atom stereocenters. The molecule has 0 spiro atoms. The number of rotatable bonds is 5. The summed E-state index contributed by atoms with van der Waals surface area (Å²) in [6.45, 7) is 0.818. The van der Waals surface area contributed by atoms with E-state index in [1.165, 1.54) is 39.2 Å². The summed E-state index contributed by atoms with van der Waals surface area (Å²) in [5.41, 5.74) is 0. The molecule has 0 aromatic carbocycles. The minimum Gasteiger partial charge on any atom is -0.468 e. The second-order valence-electron chi connectivity index (χ2n) is 4.60. The van der Waals surface area contributed by atoms with Gasteiger partial charge in [-0.2, -0.15) is 0 Å². The van der Waals surface area contributed by atoms with Crippen LogP contribution in [0.4, 0.5) is 0 Å². The van der Waals surface area contributed by atoms with Crippen molar-refractivity contribution >= 4 is 17.7 Å². The molecule has 16 heavy (non-hydrogen) atoms. The zero-order valence-corrected chi connectivity index (χ0v) is 10.6. The normalized spacial score (nSPS) is 27.4. The molecule has 0 aromatic rings. The van der Waals surface area contributed by atoms with E-state index < -0.39 is 0 Å². The molecule has 1 aliphatic heterocycles. The Morgan fingerprint density at radius 1 is 1.44 bits per heavy atom. The Morgan fingerprint density at radius 3 is 2.69 bits per heavy atom. The molecule has 0 bridgehead atoms. The third-order valence-electron chi connectivity index (χ3n) is 3.25. The van der Waals surface area contributed by atoms with Gasteiger partial charge in [-0.05, 0) is 19.3 Å². The zero-order chi connectivity index (χ0) is 11.4. The van der Waals surface area contributed by atoms with E-state index in [0.717, 1.165) is 13.0 Å². The summed E-state index contributed by atoms with van der Waals surface area (Å²) in [7, 11) is 1.48. The Hall–Kier alpha value is -0.220. The van der Waals surface area contributed by atoms with Gasteiger partial charge in [0.05, 0.1) is 19.8 Å². The minimum atomic E-state index is -0.0777. The Kier molecular flexibility index (Phi) is 4.53. The van der Waals surface area contributed by atoms with Gasteiger partial charge in [0, 0.05) is 5.25 Å². The zero-order valence-electron chi connectivity index (χ0n) is 9.81. The van der Waals surface area contributed by atoms with E-state index >= 15 is 0 Å². The second-order valence-corrected chi connectivity index (χ2v) is 6.11. The molecule has 92 valence electrons. The van der Waals surface area contributed by atoms with Crippen molar-refractivity contribution < 1.29 is 14.3 Å². The maximum atomic E-state index is 11.7. The highest BCUT2D eigenvalue weighted by atomic mass is 32.2. The topological polar surface area (TPSA) is 38.8 Å². The molecule has 0 N–H and O–H groups in total. The number of epoxide rings is 1. The third kappa shape index (κ3) is 3.67. The van der Waals surface area contributed by atoms with Crippen molar-refractivity contribution in [2.75, 3.05) is 13.7 Å². The summed E-state index contributed by atoms with van der Waals surface area (Å²) < 4.78 is 10.1. The summed E-state index contributed by atoms with van der Waals surface area (Å²) in [5, 5.41) is 0.636. The van der Waals surface area contributed by atoms with Crippen LogP contribution in [0.25, 0.3) is 0 Å². The van der Waals surface area contributed by atoms with Gasteiger partial charge in [-0.15, -0.1) is 11.8 Å². The van der Waals surface area contributed by atoms with Gasteiger partial charge >= 0.3 is 5.97 Å². The van der Waals surface area contributed by atoms with Gasteiger partial charge in [0.2, 0.25) is 0 Å². The predicted octanol–water partition coefficient (Wildman–Crippen LogP) is 2.38. The first-order valence-electron chi connectivity index (χ1n) is 6.14. The molecule has 1 aliphatic carbocycles. The Balaban J connectivity index is 1.81. The van der Waals surface area contributed by atoms with Crippen LogP contribution < -0.4 is 0 Å². The second kappa shape index (κ2) is 5.92. The maximum Gasteiger partial charge on any atom is 0.318 e. The highest BCUT2D eigenvalue weighted by molar-refractivity contribution is 8.01. The summed E-state index contributed by atoms with van der Waals surface area (Å²) >= 11 is 1.81. The molecule has 1 unspecified atom stereocenters. The average molecular weight is 244 g/mol. The first-order valence-corrected chi connectivity index (χ1v) is 7.09. The maximum absolute atomic E-state index is 11.7. The summed E-state index contributed by atoms with van der Waals surface area (Å²) in [5.74, 6) is -0.0777. The standard InChI is InChI=1S/C12H20O3S/c1-14-12(13)11(7-9-8-15-9)16-10-5-3-2-4-6-10/h9-11H,2-8H2,1H3/t9-,11?/m1/s1. The van der Waals surface area contributed by atoms with Crippen LogP contribution in [-0.4, -0.2) is 36.3 Å². The van der Waals surface area contributed by atoms with Crippen molar-refractivity contribution in [3.8, 4) is 0 Å². The molecular weight excluding hydrogens is 224 g/mol. The van der Waals surface area contributed by atoms with Crippen LogP contribution in [0.5, 0.6) is 0 Å². The lowest BCUT2D eigenvalue weighted by molar-refractivity contribution is -0.140. The van der Waals surface area contributed by atoms with E-state index in [1.807, 2.05) is 11.8 Å². The van der Waals surface area contributed by atoms with Crippen molar-refractivity contribution in [1.29, 1.82) is 0 Å². The molecule has 2 aliphatic rings. The van der Waals surface area contributed by atoms with Crippen LogP contribution in [-0.2, 0) is 14.3 Å². The summed E-state index contributed by atoms with van der Waals surface area (Å²) in [4.78, 5) is 11.7. The summed E-state index contributed by atoms with van der Waals surface area (Å²) in [6.07, 6.45) is 7.62. The number of hydrogen-bond donors (Lipinski definition) is 0. The first-order chi connectivity index (χ1) is 7.79. The third-order valence-corrected chi connectivity index (χ3v) is 4.82. The van der Waals surface area contributed by atoms with E-state index in [9.17, 15) is 4.79 Å². The highest BCUT2D eigenvalue weighted by Crippen LogP contribution is 2.34. The fraction of sp³-hybridized carbons (Fsp3) is 0.917. The number of esters is 1. The molecule has 1 saturated heterocycles. The quantitative estimate of drug-likeness (QED) is 0.550. The fourth-order valence-corrected chi connectivity index (χ4v) is 3.82. The van der Waals surface area contributed by atoms with Crippen LogP contribution in [0.2, 0.25) is 0 Å². The average Bonchev–Trinajstić information content (AvgIpc) is 3.12. The molecule has 0 amide bonds. The van der Waals surface area contributed by atoms with Gasteiger partial charge in [-0.1, -0.05) is 19.3 Å². The Bertz CT molecular complexity index is 234. The van der Waals surface area contributed by atoms with Crippen LogP contribution in [0.3, 0.4) is 0 Å². The lowest BCUT2D eigenvalue weighted by Crippen LogP contribution is -2.24. The van der Waals surface area contributed by atoms with Gasteiger partial charge in [-0.25, -0.2) is 0 Å². The van der Waals surface area contributed by atoms with E-state index in [-0.39, 0.29) is 11.2 Å². The van der Waals surface area contributed by atoms with Gasteiger partial charge in [0.15, 0.2) is 0 Å². The molecule has 0 aromatic heterocycles. The fourth-order valence-electron chi connectivity index (χ4n) is 2.22. The SMILES string of the molecule is COC(=O)C(C[C@@H]1CO1)SC1CCCCC1. The molecule has 4 heteroatoms. The molecular formula is C12H20O3S. The highest BCUT2D eigenvalue weighted by Gasteiger charge is 2.33. The number of carbonyl (C=O) groups excluding carboxylic acids is 1. The van der Waals surface area contributed by atoms with Crippen LogP contribution in [0.15, 0.2) is 0 Å². The van der Waals surface area contributed by atoms with E-state index in [2.05, 4.69) is 0 Å². The van der Waals surface area contributed by atoms with Crippen molar-refractivity contribution in [3.63, 3.8) is 0 Å². The van der Waals surface area contributed by atoms with Crippen molar-refractivity contribution in [1.82, 2.24) is 0 Å². The van der Waals surface area contributed by atoms with Gasteiger partial charge < -0.3 is 9.47 Å². The van der Waals surface area contributed by atoms with Crippen LogP contribution in [0.1, 0.15) is 38.5 Å². The molecule has 0 radical (unpaired) electrons. The Morgan fingerprint density at radius 2 is 2.12 bits per heavy atom. The molecule has 1 saturated carbocycles.